The maximum atomic E-state index is 12.1. The fourth-order valence-electron chi connectivity index (χ4n) is 1.43. The third-order valence-electron chi connectivity index (χ3n) is 3.36. The summed E-state index contributed by atoms with van der Waals surface area (Å²) < 4.78 is 0. The van der Waals surface area contributed by atoms with Crippen LogP contribution in [0.2, 0.25) is 0 Å². The number of hydrogen-bond acceptors (Lipinski definition) is 3. The molecule has 0 aromatic carbocycles. The monoisotopic (exact) mass is 274 g/mol. The number of hydrogen-bond donors (Lipinski definition) is 2. The highest BCUT2D eigenvalue weighted by molar-refractivity contribution is 5.94. The summed E-state index contributed by atoms with van der Waals surface area (Å²) in [5.41, 5.74) is 1.26. The molecule has 1 unspecified atom stereocenters. The van der Waals surface area contributed by atoms with Crippen LogP contribution in [0.3, 0.4) is 0 Å². The highest BCUT2D eigenvalue weighted by atomic mass is 16.2. The fourth-order valence-corrected chi connectivity index (χ4v) is 1.43. The van der Waals surface area contributed by atoms with Crippen LogP contribution < -0.4 is 5.32 Å². The van der Waals surface area contributed by atoms with Gasteiger partial charge in [0, 0.05) is 24.5 Å². The van der Waals surface area contributed by atoms with Crippen LogP contribution in [0.5, 0.6) is 0 Å². The van der Waals surface area contributed by atoms with Crippen molar-refractivity contribution in [2.24, 2.45) is 11.3 Å². The summed E-state index contributed by atoms with van der Waals surface area (Å²) in [7, 11) is 0. The van der Waals surface area contributed by atoms with Crippen LogP contribution in [0.4, 0.5) is 0 Å². The predicted molar refractivity (Wildman–Crippen MR) is 79.2 cm³/mol. The molecule has 4 nitrogen and oxygen atoms in total. The minimum Gasteiger partial charge on any atom is -0.384 e. The van der Waals surface area contributed by atoms with Gasteiger partial charge in [0.1, 0.15) is 6.61 Å². The second-order valence-corrected chi connectivity index (χ2v) is 5.90. The summed E-state index contributed by atoms with van der Waals surface area (Å²) in [5.74, 6) is 5.49. The molecule has 1 rings (SSSR count). The molecule has 1 atom stereocenters. The van der Waals surface area contributed by atoms with Crippen LogP contribution in [0.25, 0.3) is 0 Å². The molecular weight excluding hydrogens is 252 g/mol. The van der Waals surface area contributed by atoms with Crippen LogP contribution in [0.15, 0.2) is 18.5 Å². The number of pyridine rings is 1. The van der Waals surface area contributed by atoms with Gasteiger partial charge in [0.2, 0.25) is 0 Å². The molecule has 1 aromatic rings. The molecule has 0 radical (unpaired) electrons. The number of aliphatic hydroxyl groups excluding tert-OH is 1. The van der Waals surface area contributed by atoms with Gasteiger partial charge >= 0.3 is 0 Å². The van der Waals surface area contributed by atoms with Gasteiger partial charge in [-0.1, -0.05) is 39.5 Å². The molecule has 1 amide bonds. The summed E-state index contributed by atoms with van der Waals surface area (Å²) in [6, 6.07) is 1.67. The molecule has 0 saturated heterocycles. The van der Waals surface area contributed by atoms with Gasteiger partial charge in [-0.15, -0.1) is 0 Å². The maximum absolute atomic E-state index is 12.1. The molecular formula is C16H22N2O2. The maximum Gasteiger partial charge on any atom is 0.252 e. The summed E-state index contributed by atoms with van der Waals surface area (Å²) >= 11 is 0. The predicted octanol–water partition coefficient (Wildman–Crippen LogP) is 1.84. The number of aromatic nitrogens is 1. The SMILES string of the molecule is CC(CNC(=O)c1cncc(C#CCO)c1)C(C)(C)C. The zero-order valence-electron chi connectivity index (χ0n) is 12.5. The Bertz CT molecular complexity index is 521. The van der Waals surface area contributed by atoms with Gasteiger partial charge in [0.15, 0.2) is 0 Å². The van der Waals surface area contributed by atoms with E-state index in [-0.39, 0.29) is 17.9 Å². The van der Waals surface area contributed by atoms with E-state index in [1.54, 1.807) is 12.3 Å². The van der Waals surface area contributed by atoms with Crippen LogP contribution in [-0.4, -0.2) is 29.1 Å². The molecule has 0 aliphatic rings. The van der Waals surface area contributed by atoms with Gasteiger partial charge in [0.05, 0.1) is 5.56 Å². The zero-order valence-corrected chi connectivity index (χ0v) is 12.5. The van der Waals surface area contributed by atoms with E-state index in [0.717, 1.165) is 0 Å². The number of rotatable bonds is 3. The average molecular weight is 274 g/mol. The molecule has 1 aromatic heterocycles. The van der Waals surface area contributed by atoms with Crippen LogP contribution >= 0.6 is 0 Å². The molecule has 108 valence electrons. The quantitative estimate of drug-likeness (QED) is 0.827. The zero-order chi connectivity index (χ0) is 15.2. The summed E-state index contributed by atoms with van der Waals surface area (Å²) in [5, 5.41) is 11.6. The van der Waals surface area contributed by atoms with Gasteiger partial charge in [0.25, 0.3) is 5.91 Å². The number of carbonyl (C=O) groups excluding carboxylic acids is 1. The third kappa shape index (κ3) is 5.02. The molecule has 1 heterocycles. The first-order chi connectivity index (χ1) is 9.34. The van der Waals surface area contributed by atoms with Gasteiger partial charge < -0.3 is 10.4 Å². The van der Waals surface area contributed by atoms with E-state index < -0.39 is 0 Å². The lowest BCUT2D eigenvalue weighted by Gasteiger charge is -2.27. The minimum absolute atomic E-state index is 0.152. The van der Waals surface area contributed by atoms with Crippen molar-refractivity contribution < 1.29 is 9.90 Å². The van der Waals surface area contributed by atoms with E-state index in [9.17, 15) is 4.79 Å². The second kappa shape index (κ2) is 7.06. The number of nitrogens with one attached hydrogen (secondary N) is 1. The topological polar surface area (TPSA) is 62.2 Å². The van der Waals surface area contributed by atoms with Crippen molar-refractivity contribution in [3.63, 3.8) is 0 Å². The fraction of sp³-hybridized carbons (Fsp3) is 0.500. The van der Waals surface area contributed by atoms with Gasteiger partial charge in [-0.3, -0.25) is 9.78 Å². The first kappa shape index (κ1) is 16.2. The second-order valence-electron chi connectivity index (χ2n) is 5.90. The molecule has 4 heteroatoms. The van der Waals surface area contributed by atoms with Gasteiger partial charge in [-0.05, 0) is 17.4 Å². The van der Waals surface area contributed by atoms with Crippen molar-refractivity contribution in [1.29, 1.82) is 0 Å². The van der Waals surface area contributed by atoms with Crippen molar-refractivity contribution in [2.75, 3.05) is 13.2 Å². The Kier molecular flexibility index (Phi) is 5.72. The molecule has 0 bridgehead atoms. The van der Waals surface area contributed by atoms with Crippen molar-refractivity contribution in [2.45, 2.75) is 27.7 Å². The lowest BCUT2D eigenvalue weighted by atomic mass is 9.82. The third-order valence-corrected chi connectivity index (χ3v) is 3.36. The van der Waals surface area contributed by atoms with Crippen molar-refractivity contribution in [1.82, 2.24) is 10.3 Å². The van der Waals surface area contributed by atoms with Gasteiger partial charge in [-0.2, -0.15) is 0 Å². The van der Waals surface area contributed by atoms with E-state index >= 15 is 0 Å². The van der Waals surface area contributed by atoms with Crippen molar-refractivity contribution in [3.05, 3.63) is 29.6 Å². The Morgan fingerprint density at radius 3 is 2.75 bits per heavy atom. The van der Waals surface area contributed by atoms with Crippen molar-refractivity contribution in [3.8, 4) is 11.8 Å². The molecule has 0 spiro atoms. The Hall–Kier alpha value is -1.86. The number of amides is 1. The standard InChI is InChI=1S/C16H22N2O2/c1-12(16(2,3)4)9-18-15(20)14-8-13(6-5-7-19)10-17-11-14/h8,10-12,19H,7,9H2,1-4H3,(H,18,20). The lowest BCUT2D eigenvalue weighted by molar-refractivity contribution is 0.0936. The van der Waals surface area contributed by atoms with Crippen LogP contribution in [0, 0.1) is 23.2 Å². The van der Waals surface area contributed by atoms with E-state index in [4.69, 9.17) is 5.11 Å². The van der Waals surface area contributed by atoms with Crippen molar-refractivity contribution >= 4 is 5.91 Å². The molecule has 0 fully saturated rings. The van der Waals surface area contributed by atoms with E-state index in [1.807, 2.05) is 0 Å². The summed E-state index contributed by atoms with van der Waals surface area (Å²) in [6.45, 7) is 8.97. The highest BCUT2D eigenvalue weighted by Crippen LogP contribution is 2.24. The summed E-state index contributed by atoms with van der Waals surface area (Å²) in [6.07, 6.45) is 3.08. The molecule has 0 aliphatic heterocycles. The summed E-state index contributed by atoms with van der Waals surface area (Å²) in [4.78, 5) is 16.0. The van der Waals surface area contributed by atoms with E-state index in [0.29, 0.717) is 23.6 Å². The molecule has 2 N–H and O–H groups in total. The van der Waals surface area contributed by atoms with E-state index in [1.165, 1.54) is 6.20 Å². The first-order valence-corrected chi connectivity index (χ1v) is 6.67. The average Bonchev–Trinajstić information content (AvgIpc) is 2.41. The number of carbonyl (C=O) groups is 1. The Morgan fingerprint density at radius 2 is 2.15 bits per heavy atom. The normalized spacial score (nSPS) is 12.2. The number of aliphatic hydroxyl groups is 1. The Labute approximate surface area is 120 Å². The van der Waals surface area contributed by atoms with Gasteiger partial charge in [-0.25, -0.2) is 0 Å². The molecule has 0 saturated carbocycles. The smallest absolute Gasteiger partial charge is 0.252 e. The molecule has 0 aliphatic carbocycles. The van der Waals surface area contributed by atoms with E-state index in [2.05, 4.69) is 49.8 Å². The van der Waals surface area contributed by atoms with Crippen LogP contribution in [-0.2, 0) is 0 Å². The lowest BCUT2D eigenvalue weighted by Crippen LogP contribution is -2.33. The minimum atomic E-state index is -0.209. The first-order valence-electron chi connectivity index (χ1n) is 6.67. The number of nitrogens with zero attached hydrogens (tertiary/aromatic N) is 1. The Balaban J connectivity index is 2.69. The highest BCUT2D eigenvalue weighted by Gasteiger charge is 2.20. The largest absolute Gasteiger partial charge is 0.384 e. The Morgan fingerprint density at radius 1 is 1.45 bits per heavy atom. The molecule has 20 heavy (non-hydrogen) atoms. The van der Waals surface area contributed by atoms with Crippen LogP contribution in [0.1, 0.15) is 43.6 Å².